The Labute approximate surface area is 164 Å². The molecule has 0 aliphatic carbocycles. The normalized spacial score (nSPS) is 10.1. The first-order valence-corrected chi connectivity index (χ1v) is 8.37. The molecule has 0 saturated carbocycles. The number of aliphatic hydroxyl groups is 1. The average molecular weight is 440 g/mol. The summed E-state index contributed by atoms with van der Waals surface area (Å²) in [4.78, 5) is 0. The topological polar surface area (TPSA) is 57.4 Å². The Morgan fingerprint density at radius 2 is 1.79 bits per heavy atom. The molecule has 0 radical (unpaired) electrons. The molecule has 0 unspecified atom stereocenters. The highest BCUT2D eigenvalue weighted by atomic mass is 79.9. The first-order valence-electron chi connectivity index (χ1n) is 7.58. The predicted octanol–water partition coefficient (Wildman–Crippen LogP) is 3.92. The molecule has 0 aliphatic rings. The highest BCUT2D eigenvalue weighted by molar-refractivity contribution is 9.10. The molecule has 1 aromatic carbocycles. The molecule has 0 fully saturated rings. The van der Waals surface area contributed by atoms with Gasteiger partial charge in [-0.1, -0.05) is 22.0 Å². The third-order valence-corrected chi connectivity index (χ3v) is 4.29. The van der Waals surface area contributed by atoms with Crippen LogP contribution in [0.3, 0.4) is 0 Å². The zero-order valence-corrected chi connectivity index (χ0v) is 16.9. The molecule has 1 heterocycles. The number of benzene rings is 1. The lowest BCUT2D eigenvalue weighted by molar-refractivity contribution is 0.292. The first kappa shape index (κ1) is 23.4. The fourth-order valence-corrected chi connectivity index (χ4v) is 2.43. The first-order chi connectivity index (χ1) is 10.7. The predicted molar refractivity (Wildman–Crippen MR) is 107 cm³/mol. The molecule has 3 N–H and O–H groups in total. The van der Waals surface area contributed by atoms with Crippen molar-refractivity contribution < 1.29 is 9.52 Å². The maximum atomic E-state index is 8.65. The van der Waals surface area contributed by atoms with E-state index in [-0.39, 0.29) is 31.4 Å². The Morgan fingerprint density at radius 1 is 1.04 bits per heavy atom. The summed E-state index contributed by atoms with van der Waals surface area (Å²) in [6, 6.07) is 10.3. The number of hydrogen-bond acceptors (Lipinski definition) is 4. The maximum absolute atomic E-state index is 8.65. The average Bonchev–Trinajstić information content (AvgIpc) is 2.98. The molecular weight excluding hydrogens is 415 g/mol. The van der Waals surface area contributed by atoms with Gasteiger partial charge in [0.15, 0.2) is 0 Å². The number of aryl methyl sites for hydroxylation is 1. The van der Waals surface area contributed by atoms with E-state index in [4.69, 9.17) is 9.52 Å². The van der Waals surface area contributed by atoms with Crippen LogP contribution in [0.25, 0.3) is 11.3 Å². The minimum atomic E-state index is 0. The van der Waals surface area contributed by atoms with E-state index in [2.05, 4.69) is 45.6 Å². The highest BCUT2D eigenvalue weighted by Crippen LogP contribution is 2.26. The van der Waals surface area contributed by atoms with Gasteiger partial charge in [-0.3, -0.25) is 0 Å². The minimum absolute atomic E-state index is 0. The van der Waals surface area contributed by atoms with Gasteiger partial charge in [0, 0.05) is 16.6 Å². The molecule has 1 aromatic heterocycles. The molecule has 0 saturated heterocycles. The van der Waals surface area contributed by atoms with Crippen LogP contribution in [0.2, 0.25) is 0 Å². The van der Waals surface area contributed by atoms with E-state index < -0.39 is 0 Å². The molecule has 24 heavy (non-hydrogen) atoms. The second kappa shape index (κ2) is 12.8. The van der Waals surface area contributed by atoms with Crippen molar-refractivity contribution in [1.82, 2.24) is 10.6 Å². The molecular formula is C17H25BrCl2N2O2. The van der Waals surface area contributed by atoms with Gasteiger partial charge in [-0.25, -0.2) is 0 Å². The Kier molecular flexibility index (Phi) is 12.5. The lowest BCUT2D eigenvalue weighted by Crippen LogP contribution is -2.23. The van der Waals surface area contributed by atoms with Crippen molar-refractivity contribution in [3.05, 3.63) is 46.1 Å². The summed E-state index contributed by atoms with van der Waals surface area (Å²) in [6.45, 7) is 5.49. The van der Waals surface area contributed by atoms with E-state index in [0.29, 0.717) is 6.54 Å². The quantitative estimate of drug-likeness (QED) is 0.518. The molecule has 2 aromatic rings. The second-order valence-electron chi connectivity index (χ2n) is 5.23. The van der Waals surface area contributed by atoms with Crippen LogP contribution < -0.4 is 10.6 Å². The lowest BCUT2D eigenvalue weighted by atomic mass is 10.1. The van der Waals surface area contributed by atoms with Crippen molar-refractivity contribution in [2.45, 2.75) is 19.9 Å². The zero-order chi connectivity index (χ0) is 15.8. The molecule has 0 bridgehead atoms. The van der Waals surface area contributed by atoms with Gasteiger partial charge < -0.3 is 20.2 Å². The van der Waals surface area contributed by atoms with E-state index in [1.807, 2.05) is 18.2 Å². The van der Waals surface area contributed by atoms with E-state index >= 15 is 0 Å². The van der Waals surface area contributed by atoms with E-state index in [1.54, 1.807) is 0 Å². The van der Waals surface area contributed by atoms with E-state index in [9.17, 15) is 0 Å². The zero-order valence-electron chi connectivity index (χ0n) is 13.7. The molecule has 7 heteroatoms. The van der Waals surface area contributed by atoms with Crippen LogP contribution in [0, 0.1) is 6.92 Å². The smallest absolute Gasteiger partial charge is 0.134 e. The summed E-state index contributed by atoms with van der Waals surface area (Å²) in [7, 11) is 0. The van der Waals surface area contributed by atoms with Crippen LogP contribution in [-0.2, 0) is 6.54 Å². The Bertz CT molecular complexity index is 594. The largest absolute Gasteiger partial charge is 0.460 e. The fraction of sp³-hybridized carbons (Fsp3) is 0.412. The van der Waals surface area contributed by atoms with E-state index in [0.717, 1.165) is 47.6 Å². The van der Waals surface area contributed by atoms with Gasteiger partial charge in [-0.05, 0) is 56.3 Å². The highest BCUT2D eigenvalue weighted by Gasteiger charge is 2.06. The lowest BCUT2D eigenvalue weighted by Gasteiger charge is -2.04. The molecule has 4 nitrogen and oxygen atoms in total. The van der Waals surface area contributed by atoms with E-state index in [1.165, 1.54) is 5.56 Å². The Morgan fingerprint density at radius 3 is 2.50 bits per heavy atom. The van der Waals surface area contributed by atoms with Crippen molar-refractivity contribution in [2.75, 3.05) is 26.2 Å². The number of furan rings is 1. The number of rotatable bonds is 9. The Hall–Kier alpha value is -0.560. The Balaban J connectivity index is 0.00000264. The van der Waals surface area contributed by atoms with Crippen molar-refractivity contribution in [1.29, 1.82) is 0 Å². The molecule has 2 rings (SSSR count). The van der Waals surface area contributed by atoms with Crippen molar-refractivity contribution >= 4 is 40.7 Å². The van der Waals surface area contributed by atoms with Crippen LogP contribution in [0.1, 0.15) is 17.7 Å². The number of halogens is 3. The third-order valence-electron chi connectivity index (χ3n) is 3.40. The van der Waals surface area contributed by atoms with Gasteiger partial charge in [0.25, 0.3) is 0 Å². The monoisotopic (exact) mass is 438 g/mol. The molecule has 0 aliphatic heterocycles. The third kappa shape index (κ3) is 7.55. The van der Waals surface area contributed by atoms with Gasteiger partial charge >= 0.3 is 0 Å². The van der Waals surface area contributed by atoms with Crippen LogP contribution in [0.15, 0.2) is 39.2 Å². The molecule has 0 spiro atoms. The van der Waals surface area contributed by atoms with Crippen LogP contribution in [0.4, 0.5) is 0 Å². The number of nitrogens with one attached hydrogen (secondary N) is 2. The second-order valence-corrected chi connectivity index (χ2v) is 6.09. The summed E-state index contributed by atoms with van der Waals surface area (Å²) in [5.41, 5.74) is 2.30. The minimum Gasteiger partial charge on any atom is -0.460 e. The summed E-state index contributed by atoms with van der Waals surface area (Å²) >= 11 is 3.51. The maximum Gasteiger partial charge on any atom is 0.134 e. The number of aliphatic hydroxyl groups excluding tert-OH is 1. The van der Waals surface area contributed by atoms with Gasteiger partial charge in [0.2, 0.25) is 0 Å². The van der Waals surface area contributed by atoms with Crippen LogP contribution >= 0.6 is 40.7 Å². The summed E-state index contributed by atoms with van der Waals surface area (Å²) < 4.78 is 6.99. The van der Waals surface area contributed by atoms with Crippen molar-refractivity contribution in [3.63, 3.8) is 0 Å². The van der Waals surface area contributed by atoms with Gasteiger partial charge in [0.1, 0.15) is 11.5 Å². The molecule has 0 amide bonds. The fourth-order valence-electron chi connectivity index (χ4n) is 2.18. The van der Waals surface area contributed by atoms with Crippen LogP contribution in [0.5, 0.6) is 0 Å². The van der Waals surface area contributed by atoms with Crippen molar-refractivity contribution in [3.8, 4) is 11.3 Å². The van der Waals surface area contributed by atoms with Gasteiger partial charge in [-0.15, -0.1) is 24.8 Å². The van der Waals surface area contributed by atoms with Gasteiger partial charge in [0.05, 0.1) is 13.2 Å². The molecule has 0 atom stereocenters. The van der Waals surface area contributed by atoms with Crippen LogP contribution in [-0.4, -0.2) is 31.3 Å². The summed E-state index contributed by atoms with van der Waals surface area (Å²) in [6.07, 6.45) is 1.03. The number of hydrogen-bond donors (Lipinski definition) is 3. The standard InChI is InChI=1S/C17H23BrN2O2.2ClH/c1-13-11-14(3-5-16(13)18)17-6-4-15(22-17)12-20-8-2-7-19-9-10-21;;/h3-6,11,19-21H,2,7-10,12H2,1H3;2*1H. The summed E-state index contributed by atoms with van der Waals surface area (Å²) in [5.74, 6) is 1.84. The SMILES string of the molecule is Cc1cc(-c2ccc(CNCCCNCCO)o2)ccc1Br.Cl.Cl. The molecule has 136 valence electrons. The summed E-state index contributed by atoms with van der Waals surface area (Å²) in [5, 5.41) is 15.2. The van der Waals surface area contributed by atoms with Crippen molar-refractivity contribution in [2.24, 2.45) is 0 Å². The van der Waals surface area contributed by atoms with Gasteiger partial charge in [-0.2, -0.15) is 0 Å².